The highest BCUT2D eigenvalue weighted by Crippen LogP contribution is 2.29. The van der Waals surface area contributed by atoms with Crippen LogP contribution < -0.4 is 5.73 Å². The lowest BCUT2D eigenvalue weighted by molar-refractivity contribution is 0.958. The molecule has 6 heteroatoms. The number of benzene rings is 1. The van der Waals surface area contributed by atoms with E-state index in [-0.39, 0.29) is 0 Å². The van der Waals surface area contributed by atoms with Gasteiger partial charge >= 0.3 is 0 Å². The monoisotopic (exact) mass is 312 g/mol. The van der Waals surface area contributed by atoms with Gasteiger partial charge in [-0.3, -0.25) is 5.10 Å². The second-order valence-corrected chi connectivity index (χ2v) is 5.49. The number of nitrogens with zero attached hydrogens (tertiary/aromatic N) is 2. The number of hydrogen-bond donors (Lipinski definition) is 2. The Kier molecular flexibility index (Phi) is 4.20. The van der Waals surface area contributed by atoms with Crippen LogP contribution in [0.15, 0.2) is 32.7 Å². The Morgan fingerprint density at radius 1 is 1.47 bits per heavy atom. The number of nitrogens with one attached hydrogen (secondary N) is 1. The molecule has 90 valence electrons. The minimum absolute atomic E-state index is 0.658. The summed E-state index contributed by atoms with van der Waals surface area (Å²) in [5.74, 6) is 0.825. The van der Waals surface area contributed by atoms with Crippen molar-refractivity contribution in [3.8, 4) is 0 Å². The van der Waals surface area contributed by atoms with Gasteiger partial charge in [-0.05, 0) is 49.3 Å². The molecule has 0 atom stereocenters. The van der Waals surface area contributed by atoms with E-state index in [4.69, 9.17) is 5.73 Å². The van der Waals surface area contributed by atoms with Gasteiger partial charge in [0.05, 0.1) is 0 Å². The Labute approximate surface area is 113 Å². The molecule has 0 aliphatic rings. The first-order valence-electron chi connectivity index (χ1n) is 5.24. The van der Waals surface area contributed by atoms with Crippen molar-refractivity contribution < 1.29 is 0 Å². The van der Waals surface area contributed by atoms with Crippen molar-refractivity contribution in [1.29, 1.82) is 0 Å². The van der Waals surface area contributed by atoms with Crippen molar-refractivity contribution in [1.82, 2.24) is 15.2 Å². The van der Waals surface area contributed by atoms with Gasteiger partial charge in [0.1, 0.15) is 5.82 Å². The molecule has 0 bridgehead atoms. The highest BCUT2D eigenvalue weighted by molar-refractivity contribution is 9.10. The van der Waals surface area contributed by atoms with E-state index in [1.165, 1.54) is 17.3 Å². The van der Waals surface area contributed by atoms with Crippen molar-refractivity contribution in [2.45, 2.75) is 23.4 Å². The fourth-order valence-electron chi connectivity index (χ4n) is 1.42. The van der Waals surface area contributed by atoms with Crippen molar-refractivity contribution in [2.75, 3.05) is 6.54 Å². The van der Waals surface area contributed by atoms with E-state index < -0.39 is 0 Å². The zero-order valence-electron chi connectivity index (χ0n) is 9.40. The van der Waals surface area contributed by atoms with E-state index in [0.717, 1.165) is 26.8 Å². The maximum Gasteiger partial charge on any atom is 0.213 e. The number of halogens is 1. The summed E-state index contributed by atoms with van der Waals surface area (Å²) < 4.78 is 1.08. The molecule has 0 saturated carbocycles. The molecule has 4 nitrogen and oxygen atoms in total. The summed E-state index contributed by atoms with van der Waals surface area (Å²) in [5.41, 5.74) is 6.77. The molecular weight excluding hydrogens is 300 g/mol. The van der Waals surface area contributed by atoms with E-state index in [2.05, 4.69) is 49.3 Å². The van der Waals surface area contributed by atoms with E-state index in [0.29, 0.717) is 6.54 Å². The molecule has 1 heterocycles. The fourth-order valence-corrected chi connectivity index (χ4v) is 2.95. The molecule has 0 aliphatic heterocycles. The molecule has 2 rings (SSSR count). The van der Waals surface area contributed by atoms with Crippen LogP contribution >= 0.6 is 27.7 Å². The maximum absolute atomic E-state index is 5.54. The van der Waals surface area contributed by atoms with Gasteiger partial charge in [-0.25, -0.2) is 4.98 Å². The van der Waals surface area contributed by atoms with E-state index in [1.807, 2.05) is 6.92 Å². The normalized spacial score (nSPS) is 10.8. The predicted octanol–water partition coefficient (Wildman–Crippen LogP) is 2.53. The van der Waals surface area contributed by atoms with Gasteiger partial charge in [0.2, 0.25) is 5.16 Å². The minimum atomic E-state index is 0.658. The zero-order chi connectivity index (χ0) is 12.3. The van der Waals surface area contributed by atoms with Crippen LogP contribution in [0.2, 0.25) is 0 Å². The van der Waals surface area contributed by atoms with E-state index >= 15 is 0 Å². The van der Waals surface area contributed by atoms with E-state index in [1.54, 1.807) is 0 Å². The highest BCUT2D eigenvalue weighted by atomic mass is 79.9. The Bertz CT molecular complexity index is 512. The highest BCUT2D eigenvalue weighted by Gasteiger charge is 2.05. The Balaban J connectivity index is 2.14. The molecule has 3 N–H and O–H groups in total. The summed E-state index contributed by atoms with van der Waals surface area (Å²) >= 11 is 5.08. The molecule has 0 spiro atoms. The van der Waals surface area contributed by atoms with Crippen molar-refractivity contribution in [2.24, 2.45) is 5.73 Å². The Morgan fingerprint density at radius 3 is 2.88 bits per heavy atom. The summed E-state index contributed by atoms with van der Waals surface area (Å²) in [5, 5.41) is 7.65. The van der Waals surface area contributed by atoms with Crippen LogP contribution in [-0.2, 0) is 6.42 Å². The third-order valence-corrected chi connectivity index (χ3v) is 3.82. The number of aromatic nitrogens is 3. The van der Waals surface area contributed by atoms with Gasteiger partial charge in [0.15, 0.2) is 0 Å². The SMILES string of the molecule is Cc1nc(Sc2ccc(CCN)c(Br)c2)n[nH]1. The van der Waals surface area contributed by atoms with Gasteiger partial charge in [0.25, 0.3) is 0 Å². The summed E-state index contributed by atoms with van der Waals surface area (Å²) in [6.07, 6.45) is 0.880. The number of hydrogen-bond acceptors (Lipinski definition) is 4. The average Bonchev–Trinajstić information content (AvgIpc) is 2.68. The lowest BCUT2D eigenvalue weighted by Crippen LogP contribution is -2.03. The average molecular weight is 313 g/mol. The van der Waals surface area contributed by atoms with Crippen LogP contribution in [0.5, 0.6) is 0 Å². The smallest absolute Gasteiger partial charge is 0.213 e. The molecule has 1 aromatic carbocycles. The molecule has 0 unspecified atom stereocenters. The molecule has 0 radical (unpaired) electrons. The van der Waals surface area contributed by atoms with Crippen LogP contribution in [0, 0.1) is 6.92 Å². The number of nitrogens with two attached hydrogens (primary N) is 1. The molecular formula is C11H13BrN4S. The first kappa shape index (κ1) is 12.6. The second-order valence-electron chi connectivity index (χ2n) is 3.60. The predicted molar refractivity (Wildman–Crippen MR) is 72.1 cm³/mol. The number of rotatable bonds is 4. The van der Waals surface area contributed by atoms with E-state index in [9.17, 15) is 0 Å². The largest absolute Gasteiger partial charge is 0.330 e. The lowest BCUT2D eigenvalue weighted by Gasteiger charge is -2.04. The van der Waals surface area contributed by atoms with Gasteiger partial charge in [0, 0.05) is 9.37 Å². The van der Waals surface area contributed by atoms with Crippen LogP contribution in [0.1, 0.15) is 11.4 Å². The van der Waals surface area contributed by atoms with Crippen LogP contribution in [0.4, 0.5) is 0 Å². The standard InChI is InChI=1S/C11H13BrN4S/c1-7-14-11(16-15-7)17-9-3-2-8(4-5-13)10(12)6-9/h2-3,6H,4-5,13H2,1H3,(H,14,15,16). The number of aromatic amines is 1. The van der Waals surface area contributed by atoms with Gasteiger partial charge in [-0.15, -0.1) is 5.10 Å². The minimum Gasteiger partial charge on any atom is -0.330 e. The zero-order valence-corrected chi connectivity index (χ0v) is 11.8. The second kappa shape index (κ2) is 5.66. The summed E-state index contributed by atoms with van der Waals surface area (Å²) in [7, 11) is 0. The summed E-state index contributed by atoms with van der Waals surface area (Å²) in [6, 6.07) is 6.21. The Morgan fingerprint density at radius 2 is 2.29 bits per heavy atom. The molecule has 0 amide bonds. The van der Waals surface area contributed by atoms with Crippen molar-refractivity contribution in [3.63, 3.8) is 0 Å². The quantitative estimate of drug-likeness (QED) is 0.910. The molecule has 2 aromatic rings. The van der Waals surface area contributed by atoms with Crippen LogP contribution in [0.3, 0.4) is 0 Å². The van der Waals surface area contributed by atoms with Gasteiger partial charge in [-0.2, -0.15) is 0 Å². The van der Waals surface area contributed by atoms with Crippen LogP contribution in [0.25, 0.3) is 0 Å². The lowest BCUT2D eigenvalue weighted by atomic mass is 10.1. The molecule has 0 fully saturated rings. The molecule has 1 aromatic heterocycles. The maximum atomic E-state index is 5.54. The third kappa shape index (κ3) is 3.31. The first-order chi connectivity index (χ1) is 8.19. The molecule has 0 saturated heterocycles. The molecule has 17 heavy (non-hydrogen) atoms. The number of H-pyrrole nitrogens is 1. The fraction of sp³-hybridized carbons (Fsp3) is 0.273. The van der Waals surface area contributed by atoms with Crippen LogP contribution in [-0.4, -0.2) is 21.7 Å². The third-order valence-electron chi connectivity index (χ3n) is 2.22. The van der Waals surface area contributed by atoms with Gasteiger partial charge in [-0.1, -0.05) is 22.0 Å². The van der Waals surface area contributed by atoms with Crippen molar-refractivity contribution >= 4 is 27.7 Å². The summed E-state index contributed by atoms with van der Waals surface area (Å²) in [6.45, 7) is 2.54. The van der Waals surface area contributed by atoms with Crippen molar-refractivity contribution in [3.05, 3.63) is 34.1 Å². The topological polar surface area (TPSA) is 67.6 Å². The Hall–Kier alpha value is -0.850. The summed E-state index contributed by atoms with van der Waals surface area (Å²) in [4.78, 5) is 5.36. The van der Waals surface area contributed by atoms with Gasteiger partial charge < -0.3 is 5.73 Å². The molecule has 0 aliphatic carbocycles. The first-order valence-corrected chi connectivity index (χ1v) is 6.85. The number of aryl methyl sites for hydroxylation is 1.